The molecule has 1 aromatic rings. The van der Waals surface area contributed by atoms with Crippen LogP contribution in [0.25, 0.3) is 0 Å². The summed E-state index contributed by atoms with van der Waals surface area (Å²) in [4.78, 5) is 0. The highest BCUT2D eigenvalue weighted by Gasteiger charge is 2.19. The molecule has 3 heteroatoms. The maximum atomic E-state index is 9.00. The first-order valence-corrected chi connectivity index (χ1v) is 5.14. The second-order valence-corrected chi connectivity index (χ2v) is 4.35. The molecule has 0 aliphatic rings. The van der Waals surface area contributed by atoms with Crippen molar-refractivity contribution in [1.82, 2.24) is 0 Å². The van der Waals surface area contributed by atoms with Crippen LogP contribution in [0.3, 0.4) is 0 Å². The predicted octanol–water partition coefficient (Wildman–Crippen LogP) is 2.80. The minimum absolute atomic E-state index is 0.387. The molecule has 1 rings (SSSR count). The zero-order valence-electron chi connectivity index (χ0n) is 10.2. The molecule has 0 aliphatic carbocycles. The fraction of sp³-hybridized carbons (Fsp3) is 0.462. The van der Waals surface area contributed by atoms with Gasteiger partial charge in [-0.25, -0.2) is 0 Å². The van der Waals surface area contributed by atoms with Gasteiger partial charge in [0.25, 0.3) is 0 Å². The SMILES string of the molecule is COc1ccc(CC(C)(C)C#N)c(OC)c1. The maximum absolute atomic E-state index is 9.00. The van der Waals surface area contributed by atoms with Gasteiger partial charge in [0, 0.05) is 6.07 Å². The average Bonchev–Trinajstić information content (AvgIpc) is 2.29. The number of nitriles is 1. The zero-order valence-corrected chi connectivity index (χ0v) is 10.2. The normalized spacial score (nSPS) is 10.7. The van der Waals surface area contributed by atoms with Gasteiger partial charge >= 0.3 is 0 Å². The molecule has 1 aromatic carbocycles. The summed E-state index contributed by atoms with van der Waals surface area (Å²) in [5, 5.41) is 9.00. The number of benzene rings is 1. The molecule has 0 saturated carbocycles. The molecule has 0 saturated heterocycles. The van der Waals surface area contributed by atoms with Crippen LogP contribution in [0.5, 0.6) is 11.5 Å². The molecule has 3 nitrogen and oxygen atoms in total. The Hall–Kier alpha value is -1.69. The Balaban J connectivity index is 3.01. The largest absolute Gasteiger partial charge is 0.497 e. The van der Waals surface area contributed by atoms with Gasteiger partial charge in [0.05, 0.1) is 25.7 Å². The van der Waals surface area contributed by atoms with E-state index in [-0.39, 0.29) is 5.41 Å². The molecule has 0 atom stereocenters. The van der Waals surface area contributed by atoms with E-state index in [0.29, 0.717) is 6.42 Å². The summed E-state index contributed by atoms with van der Waals surface area (Å²) in [6.07, 6.45) is 0.663. The minimum Gasteiger partial charge on any atom is -0.497 e. The molecule has 0 bridgehead atoms. The van der Waals surface area contributed by atoms with Gasteiger partial charge in [-0.1, -0.05) is 6.07 Å². The van der Waals surface area contributed by atoms with Crippen molar-refractivity contribution in [2.45, 2.75) is 20.3 Å². The molecule has 0 N–H and O–H groups in total. The molecule has 0 spiro atoms. The van der Waals surface area contributed by atoms with E-state index in [0.717, 1.165) is 17.1 Å². The summed E-state index contributed by atoms with van der Waals surface area (Å²) < 4.78 is 10.4. The molecule has 0 aromatic heterocycles. The molecule has 0 unspecified atom stereocenters. The van der Waals surface area contributed by atoms with Crippen LogP contribution in [0.15, 0.2) is 18.2 Å². The average molecular weight is 219 g/mol. The third-order valence-corrected chi connectivity index (χ3v) is 2.43. The lowest BCUT2D eigenvalue weighted by molar-refractivity contribution is 0.384. The van der Waals surface area contributed by atoms with Gasteiger partial charge in [0.15, 0.2) is 0 Å². The second kappa shape index (κ2) is 4.89. The van der Waals surface area contributed by atoms with Crippen molar-refractivity contribution in [3.8, 4) is 17.6 Å². The third kappa shape index (κ3) is 2.90. The van der Waals surface area contributed by atoms with Crippen LogP contribution in [0.2, 0.25) is 0 Å². The van der Waals surface area contributed by atoms with E-state index in [9.17, 15) is 0 Å². The highest BCUT2D eigenvalue weighted by Crippen LogP contribution is 2.30. The summed E-state index contributed by atoms with van der Waals surface area (Å²) in [6, 6.07) is 7.94. The van der Waals surface area contributed by atoms with Crippen LogP contribution in [-0.4, -0.2) is 14.2 Å². The van der Waals surface area contributed by atoms with Gasteiger partial charge in [-0.3, -0.25) is 0 Å². The standard InChI is InChI=1S/C13H17NO2/c1-13(2,9-14)8-10-5-6-11(15-3)7-12(10)16-4/h5-7H,8H2,1-4H3. The Kier molecular flexibility index (Phi) is 3.78. The first kappa shape index (κ1) is 12.4. The lowest BCUT2D eigenvalue weighted by Crippen LogP contribution is -2.12. The van der Waals surface area contributed by atoms with Gasteiger partial charge in [-0.05, 0) is 31.9 Å². The molecular formula is C13H17NO2. The lowest BCUT2D eigenvalue weighted by Gasteiger charge is -2.17. The van der Waals surface area contributed by atoms with E-state index < -0.39 is 0 Å². The van der Waals surface area contributed by atoms with E-state index in [1.807, 2.05) is 32.0 Å². The summed E-state index contributed by atoms with van der Waals surface area (Å²) >= 11 is 0. The van der Waals surface area contributed by atoms with E-state index in [4.69, 9.17) is 14.7 Å². The zero-order chi connectivity index (χ0) is 12.2. The van der Waals surface area contributed by atoms with Crippen molar-refractivity contribution < 1.29 is 9.47 Å². The van der Waals surface area contributed by atoms with Crippen LogP contribution in [-0.2, 0) is 6.42 Å². The second-order valence-electron chi connectivity index (χ2n) is 4.35. The van der Waals surface area contributed by atoms with Crippen molar-refractivity contribution >= 4 is 0 Å². The van der Waals surface area contributed by atoms with Crippen LogP contribution in [0.1, 0.15) is 19.4 Å². The van der Waals surface area contributed by atoms with Gasteiger partial charge in [-0.2, -0.15) is 5.26 Å². The Morgan fingerprint density at radius 3 is 2.44 bits per heavy atom. The Morgan fingerprint density at radius 2 is 1.94 bits per heavy atom. The van der Waals surface area contributed by atoms with Crippen LogP contribution >= 0.6 is 0 Å². The van der Waals surface area contributed by atoms with Crippen LogP contribution in [0.4, 0.5) is 0 Å². The quantitative estimate of drug-likeness (QED) is 0.782. The highest BCUT2D eigenvalue weighted by atomic mass is 16.5. The van der Waals surface area contributed by atoms with Gasteiger partial charge < -0.3 is 9.47 Å². The summed E-state index contributed by atoms with van der Waals surface area (Å²) in [7, 11) is 3.24. The highest BCUT2D eigenvalue weighted by molar-refractivity contribution is 5.41. The Morgan fingerprint density at radius 1 is 1.25 bits per heavy atom. The van der Waals surface area contributed by atoms with Crippen molar-refractivity contribution in [2.75, 3.05) is 14.2 Å². The summed E-state index contributed by atoms with van der Waals surface area (Å²) in [6.45, 7) is 3.83. The topological polar surface area (TPSA) is 42.2 Å². The van der Waals surface area contributed by atoms with Crippen molar-refractivity contribution in [3.05, 3.63) is 23.8 Å². The number of hydrogen-bond acceptors (Lipinski definition) is 3. The third-order valence-electron chi connectivity index (χ3n) is 2.43. The minimum atomic E-state index is -0.387. The molecule has 0 radical (unpaired) electrons. The first-order chi connectivity index (χ1) is 7.52. The fourth-order valence-electron chi connectivity index (χ4n) is 1.51. The molecule has 0 aliphatic heterocycles. The van der Waals surface area contributed by atoms with Gasteiger partial charge in [0.2, 0.25) is 0 Å². The fourth-order valence-corrected chi connectivity index (χ4v) is 1.51. The van der Waals surface area contributed by atoms with E-state index >= 15 is 0 Å². The number of methoxy groups -OCH3 is 2. The monoisotopic (exact) mass is 219 g/mol. The van der Waals surface area contributed by atoms with E-state index in [1.165, 1.54) is 0 Å². The van der Waals surface area contributed by atoms with Gasteiger partial charge in [0.1, 0.15) is 11.5 Å². The Labute approximate surface area is 96.6 Å². The Bertz CT molecular complexity index is 405. The predicted molar refractivity (Wildman–Crippen MR) is 62.6 cm³/mol. The summed E-state index contributed by atoms with van der Waals surface area (Å²) in [5.74, 6) is 1.53. The smallest absolute Gasteiger partial charge is 0.125 e. The van der Waals surface area contributed by atoms with E-state index in [1.54, 1.807) is 14.2 Å². The van der Waals surface area contributed by atoms with Crippen LogP contribution < -0.4 is 9.47 Å². The number of rotatable bonds is 4. The molecular weight excluding hydrogens is 202 g/mol. The number of ether oxygens (including phenoxy) is 2. The molecule has 16 heavy (non-hydrogen) atoms. The van der Waals surface area contributed by atoms with E-state index in [2.05, 4.69) is 6.07 Å². The van der Waals surface area contributed by atoms with Crippen molar-refractivity contribution in [2.24, 2.45) is 5.41 Å². The molecule has 0 fully saturated rings. The molecule has 86 valence electrons. The summed E-state index contributed by atoms with van der Waals surface area (Å²) in [5.41, 5.74) is 0.636. The molecule has 0 heterocycles. The molecule has 0 amide bonds. The number of nitrogens with zero attached hydrogens (tertiary/aromatic N) is 1. The first-order valence-electron chi connectivity index (χ1n) is 5.14. The van der Waals surface area contributed by atoms with Crippen LogP contribution in [0, 0.1) is 16.7 Å². The number of hydrogen-bond donors (Lipinski definition) is 0. The lowest BCUT2D eigenvalue weighted by atomic mass is 9.87. The van der Waals surface area contributed by atoms with Crippen molar-refractivity contribution in [1.29, 1.82) is 5.26 Å². The van der Waals surface area contributed by atoms with Crippen molar-refractivity contribution in [3.63, 3.8) is 0 Å². The van der Waals surface area contributed by atoms with Gasteiger partial charge in [-0.15, -0.1) is 0 Å². The maximum Gasteiger partial charge on any atom is 0.125 e.